The number of benzene rings is 3. The van der Waals surface area contributed by atoms with Crippen LogP contribution in [0.3, 0.4) is 0 Å². The summed E-state index contributed by atoms with van der Waals surface area (Å²) in [5, 5.41) is 5.77. The maximum Gasteiger partial charge on any atom is 0.491 e. The SMILES string of the molecule is O=C(CC(NC(=O)c1ccc(OCCCNc2ccccn2)cc1)c1ccc(-c2cccc(F)c2)cc1)OC(=O)C(F)(F)F. The van der Waals surface area contributed by atoms with Gasteiger partial charge in [-0.2, -0.15) is 13.2 Å². The fraction of sp³-hybridized carbons (Fsp3) is 0.188. The topological polar surface area (TPSA) is 107 Å². The maximum atomic E-state index is 13.7. The van der Waals surface area contributed by atoms with Crippen molar-refractivity contribution in [2.45, 2.75) is 25.1 Å². The fourth-order valence-electron chi connectivity index (χ4n) is 4.09. The average Bonchev–Trinajstić information content (AvgIpc) is 3.01. The molecule has 0 saturated carbocycles. The van der Waals surface area contributed by atoms with Crippen molar-refractivity contribution in [3.63, 3.8) is 0 Å². The van der Waals surface area contributed by atoms with E-state index in [0.717, 1.165) is 5.82 Å². The molecule has 0 saturated heterocycles. The third-order valence-corrected chi connectivity index (χ3v) is 6.26. The fourth-order valence-corrected chi connectivity index (χ4v) is 4.09. The lowest BCUT2D eigenvalue weighted by Crippen LogP contribution is -2.33. The zero-order chi connectivity index (χ0) is 31.5. The first kappa shape index (κ1) is 31.7. The monoisotopic (exact) mass is 609 g/mol. The van der Waals surface area contributed by atoms with Crippen molar-refractivity contribution < 1.29 is 41.4 Å². The molecule has 44 heavy (non-hydrogen) atoms. The van der Waals surface area contributed by atoms with Gasteiger partial charge < -0.3 is 20.1 Å². The molecule has 0 radical (unpaired) electrons. The number of anilines is 1. The molecule has 2 N–H and O–H groups in total. The molecule has 228 valence electrons. The van der Waals surface area contributed by atoms with E-state index < -0.39 is 42.3 Å². The molecular formula is C32H27F4N3O5. The highest BCUT2D eigenvalue weighted by atomic mass is 19.4. The van der Waals surface area contributed by atoms with Crippen LogP contribution in [0.25, 0.3) is 11.1 Å². The minimum absolute atomic E-state index is 0.190. The lowest BCUT2D eigenvalue weighted by molar-refractivity contribution is -0.202. The highest BCUT2D eigenvalue weighted by molar-refractivity contribution is 5.95. The number of alkyl halides is 3. The van der Waals surface area contributed by atoms with Gasteiger partial charge in [0.05, 0.1) is 19.1 Å². The third-order valence-electron chi connectivity index (χ3n) is 6.26. The smallest absolute Gasteiger partial charge is 0.491 e. The number of ether oxygens (including phenoxy) is 2. The summed E-state index contributed by atoms with van der Waals surface area (Å²) in [7, 11) is 0. The molecule has 0 aliphatic heterocycles. The molecule has 1 atom stereocenters. The number of nitrogens with zero attached hydrogens (tertiary/aromatic N) is 1. The van der Waals surface area contributed by atoms with Crippen LogP contribution in [-0.2, 0) is 14.3 Å². The molecule has 1 amide bonds. The van der Waals surface area contributed by atoms with Crippen molar-refractivity contribution in [1.29, 1.82) is 0 Å². The lowest BCUT2D eigenvalue weighted by Gasteiger charge is -2.19. The van der Waals surface area contributed by atoms with Crippen LogP contribution in [0, 0.1) is 5.82 Å². The summed E-state index contributed by atoms with van der Waals surface area (Å²) in [4.78, 5) is 40.6. The van der Waals surface area contributed by atoms with Crippen molar-refractivity contribution in [3.8, 4) is 16.9 Å². The van der Waals surface area contributed by atoms with E-state index in [-0.39, 0.29) is 5.56 Å². The van der Waals surface area contributed by atoms with E-state index in [2.05, 4.69) is 20.4 Å². The van der Waals surface area contributed by atoms with Crippen molar-refractivity contribution in [1.82, 2.24) is 10.3 Å². The van der Waals surface area contributed by atoms with Crippen molar-refractivity contribution >= 4 is 23.7 Å². The molecule has 8 nitrogen and oxygen atoms in total. The molecule has 0 aliphatic carbocycles. The molecule has 0 fully saturated rings. The quantitative estimate of drug-likeness (QED) is 0.0845. The summed E-state index contributed by atoms with van der Waals surface area (Å²) in [6, 6.07) is 22.6. The Labute approximate surface area is 250 Å². The van der Waals surface area contributed by atoms with E-state index in [1.807, 2.05) is 18.2 Å². The first-order valence-electron chi connectivity index (χ1n) is 13.4. The summed E-state index contributed by atoms with van der Waals surface area (Å²) in [6.45, 7) is 1.04. The first-order chi connectivity index (χ1) is 21.1. The van der Waals surface area contributed by atoms with Gasteiger partial charge in [-0.3, -0.25) is 9.59 Å². The Morgan fingerprint density at radius 2 is 1.61 bits per heavy atom. The van der Waals surface area contributed by atoms with Gasteiger partial charge in [-0.1, -0.05) is 42.5 Å². The van der Waals surface area contributed by atoms with Crippen molar-refractivity contribution in [2.24, 2.45) is 0 Å². The van der Waals surface area contributed by atoms with Gasteiger partial charge in [-0.15, -0.1) is 0 Å². The van der Waals surface area contributed by atoms with Gasteiger partial charge in [-0.25, -0.2) is 14.2 Å². The highest BCUT2D eigenvalue weighted by Gasteiger charge is 2.42. The van der Waals surface area contributed by atoms with Gasteiger partial charge in [0.2, 0.25) is 0 Å². The van der Waals surface area contributed by atoms with Gasteiger partial charge in [0.15, 0.2) is 0 Å². The highest BCUT2D eigenvalue weighted by Crippen LogP contribution is 2.26. The van der Waals surface area contributed by atoms with E-state index in [4.69, 9.17) is 4.74 Å². The number of halogens is 4. The van der Waals surface area contributed by atoms with Crippen LogP contribution in [0.2, 0.25) is 0 Å². The normalized spacial score (nSPS) is 11.7. The van der Waals surface area contributed by atoms with E-state index in [1.165, 1.54) is 42.5 Å². The van der Waals surface area contributed by atoms with Gasteiger partial charge >= 0.3 is 18.1 Å². The zero-order valence-corrected chi connectivity index (χ0v) is 23.1. The van der Waals surface area contributed by atoms with Crippen LogP contribution >= 0.6 is 0 Å². The Balaban J connectivity index is 1.40. The van der Waals surface area contributed by atoms with Crippen molar-refractivity contribution in [2.75, 3.05) is 18.5 Å². The number of esters is 2. The van der Waals surface area contributed by atoms with Crippen LogP contribution in [0.15, 0.2) is 97.2 Å². The first-order valence-corrected chi connectivity index (χ1v) is 13.4. The number of nitrogens with one attached hydrogen (secondary N) is 2. The Kier molecular flexibility index (Phi) is 10.6. The molecule has 12 heteroatoms. The summed E-state index contributed by atoms with van der Waals surface area (Å²) in [5.41, 5.74) is 1.72. The van der Waals surface area contributed by atoms with Gasteiger partial charge in [-0.05, 0) is 71.6 Å². The molecule has 4 rings (SSSR count). The number of hydrogen-bond donors (Lipinski definition) is 2. The van der Waals surface area contributed by atoms with Crippen LogP contribution < -0.4 is 15.4 Å². The minimum atomic E-state index is -5.36. The van der Waals surface area contributed by atoms with Gasteiger partial charge in [0.1, 0.15) is 17.4 Å². The Hall–Kier alpha value is -5.26. The lowest BCUT2D eigenvalue weighted by atomic mass is 9.98. The van der Waals surface area contributed by atoms with Crippen LogP contribution in [0.5, 0.6) is 5.75 Å². The van der Waals surface area contributed by atoms with Crippen molar-refractivity contribution in [3.05, 3.63) is 114 Å². The maximum absolute atomic E-state index is 13.7. The van der Waals surface area contributed by atoms with Crippen LogP contribution in [0.4, 0.5) is 23.4 Å². The largest absolute Gasteiger partial charge is 0.494 e. The number of aromatic nitrogens is 1. The zero-order valence-electron chi connectivity index (χ0n) is 23.1. The van der Waals surface area contributed by atoms with E-state index in [1.54, 1.807) is 36.5 Å². The van der Waals surface area contributed by atoms with E-state index in [0.29, 0.717) is 42.0 Å². The summed E-state index contributed by atoms with van der Waals surface area (Å²) in [5.74, 6) is -3.94. The standard InChI is InChI=1S/C32H27F4N3O5/c33-25-6-3-5-24(19-25)21-8-10-22(11-9-21)27(20-29(40)44-31(42)32(34,35)36)39-30(41)23-12-14-26(15-13-23)43-18-4-17-38-28-7-1-2-16-37-28/h1-3,5-16,19,27H,4,17-18,20H2,(H,37,38)(H,39,41). The third kappa shape index (κ3) is 9.38. The molecular weight excluding hydrogens is 582 g/mol. The predicted octanol–water partition coefficient (Wildman–Crippen LogP) is 6.26. The number of amides is 1. The second-order valence-electron chi connectivity index (χ2n) is 9.49. The number of rotatable bonds is 12. The Morgan fingerprint density at radius 1 is 0.864 bits per heavy atom. The Bertz CT molecular complexity index is 1560. The van der Waals surface area contributed by atoms with E-state index in [9.17, 15) is 31.9 Å². The average molecular weight is 610 g/mol. The molecule has 1 heterocycles. The second kappa shape index (κ2) is 14.8. The molecule has 3 aromatic carbocycles. The van der Waals surface area contributed by atoms with Crippen LogP contribution in [-0.4, -0.2) is 42.2 Å². The summed E-state index contributed by atoms with van der Waals surface area (Å²) >= 11 is 0. The molecule has 0 bridgehead atoms. The number of pyridine rings is 1. The Morgan fingerprint density at radius 3 is 2.27 bits per heavy atom. The minimum Gasteiger partial charge on any atom is -0.494 e. The number of hydrogen-bond acceptors (Lipinski definition) is 7. The van der Waals surface area contributed by atoms with Crippen LogP contribution in [0.1, 0.15) is 34.8 Å². The number of carbonyl (C=O) groups is 3. The summed E-state index contributed by atoms with van der Waals surface area (Å²) in [6.07, 6.45) is -3.75. The number of carbonyl (C=O) groups excluding carboxylic acids is 3. The molecule has 0 spiro atoms. The molecule has 1 aromatic heterocycles. The second-order valence-corrected chi connectivity index (χ2v) is 9.49. The molecule has 0 aliphatic rings. The van der Waals surface area contributed by atoms with Gasteiger partial charge in [0, 0.05) is 18.3 Å². The molecule has 1 unspecified atom stereocenters. The van der Waals surface area contributed by atoms with Gasteiger partial charge in [0.25, 0.3) is 5.91 Å². The summed E-state index contributed by atoms with van der Waals surface area (Å²) < 4.78 is 61.1. The predicted molar refractivity (Wildman–Crippen MR) is 153 cm³/mol. The molecule has 4 aromatic rings. The van der Waals surface area contributed by atoms with E-state index >= 15 is 0 Å².